The van der Waals surface area contributed by atoms with E-state index in [2.05, 4.69) is 4.76 Å². The zero-order valence-electron chi connectivity index (χ0n) is 9.89. The molecular formula is C8H19N2O2PS2. The molecule has 0 saturated heterocycles. The molecule has 0 radical (unpaired) electrons. The molecule has 0 N–H and O–H groups in total. The van der Waals surface area contributed by atoms with Crippen LogP contribution in [0, 0.1) is 0 Å². The number of rotatable bonds is 5. The van der Waals surface area contributed by atoms with Gasteiger partial charge in [-0.2, -0.15) is 4.76 Å². The van der Waals surface area contributed by atoms with E-state index in [1.807, 2.05) is 39.1 Å². The highest BCUT2D eigenvalue weighted by Crippen LogP contribution is 2.50. The van der Waals surface area contributed by atoms with Gasteiger partial charge in [-0.15, -0.1) is 0 Å². The third-order valence-electron chi connectivity index (χ3n) is 1.36. The van der Waals surface area contributed by atoms with Crippen molar-refractivity contribution in [3.63, 3.8) is 0 Å². The monoisotopic (exact) mass is 270 g/mol. The number of hydrogen-bond acceptors (Lipinski definition) is 4. The summed E-state index contributed by atoms with van der Waals surface area (Å²) >= 11 is 6.83. The minimum absolute atomic E-state index is 0.524. The molecule has 0 fully saturated rings. The SMILES string of the molecule is CCOP(=S)(/N=C(\SC)N(C)C)OCC. The lowest BCUT2D eigenvalue weighted by atomic mass is 10.9. The molecule has 0 rings (SSSR count). The molecule has 0 unspecified atom stereocenters. The average Bonchev–Trinajstić information content (AvgIpc) is 2.14. The van der Waals surface area contributed by atoms with Gasteiger partial charge in [-0.05, 0) is 31.9 Å². The topological polar surface area (TPSA) is 34.1 Å². The van der Waals surface area contributed by atoms with Gasteiger partial charge in [0.05, 0.1) is 13.2 Å². The van der Waals surface area contributed by atoms with Crippen LogP contribution < -0.4 is 0 Å². The van der Waals surface area contributed by atoms with Gasteiger partial charge in [-0.1, -0.05) is 11.8 Å². The van der Waals surface area contributed by atoms with E-state index in [1.54, 1.807) is 0 Å². The Morgan fingerprint density at radius 3 is 2.07 bits per heavy atom. The van der Waals surface area contributed by atoms with Gasteiger partial charge in [0, 0.05) is 14.1 Å². The highest BCUT2D eigenvalue weighted by molar-refractivity contribution is 8.14. The van der Waals surface area contributed by atoms with Crippen molar-refractivity contribution >= 4 is 35.4 Å². The largest absolute Gasteiger partial charge is 0.357 e. The number of amidine groups is 1. The first-order chi connectivity index (χ1) is 6.99. The minimum Gasteiger partial charge on any atom is -0.357 e. The Hall–Kier alpha value is 0.390. The van der Waals surface area contributed by atoms with E-state index in [0.29, 0.717) is 13.2 Å². The third kappa shape index (κ3) is 5.88. The zero-order valence-corrected chi connectivity index (χ0v) is 12.4. The van der Waals surface area contributed by atoms with Crippen LogP contribution in [0.1, 0.15) is 13.8 Å². The Morgan fingerprint density at radius 2 is 1.80 bits per heavy atom. The Kier molecular flexibility index (Phi) is 7.83. The second-order valence-electron chi connectivity index (χ2n) is 2.79. The summed E-state index contributed by atoms with van der Waals surface area (Å²) in [7, 11) is 3.85. The quantitative estimate of drug-likeness (QED) is 0.436. The van der Waals surface area contributed by atoms with Gasteiger partial charge >= 0.3 is 6.64 Å². The molecule has 0 aliphatic rings. The Morgan fingerprint density at radius 1 is 1.33 bits per heavy atom. The molecule has 0 aromatic heterocycles. The molecule has 0 bridgehead atoms. The van der Waals surface area contributed by atoms with Crippen LogP contribution in [0.15, 0.2) is 4.76 Å². The van der Waals surface area contributed by atoms with Crippen LogP contribution >= 0.6 is 18.4 Å². The highest BCUT2D eigenvalue weighted by Gasteiger charge is 2.18. The normalized spacial score (nSPS) is 13.0. The van der Waals surface area contributed by atoms with Gasteiger partial charge < -0.3 is 13.9 Å². The van der Waals surface area contributed by atoms with Crippen molar-refractivity contribution in [1.29, 1.82) is 0 Å². The Labute approximate surface area is 102 Å². The van der Waals surface area contributed by atoms with E-state index in [4.69, 9.17) is 20.9 Å². The van der Waals surface area contributed by atoms with E-state index >= 15 is 0 Å². The van der Waals surface area contributed by atoms with Gasteiger partial charge in [0.2, 0.25) is 0 Å². The van der Waals surface area contributed by atoms with Gasteiger partial charge in [0.1, 0.15) is 0 Å². The third-order valence-corrected chi connectivity index (χ3v) is 4.80. The number of hydrogen-bond donors (Lipinski definition) is 0. The van der Waals surface area contributed by atoms with Crippen LogP contribution in [0.4, 0.5) is 0 Å². The van der Waals surface area contributed by atoms with Gasteiger partial charge in [0.15, 0.2) is 5.17 Å². The smallest absolute Gasteiger partial charge is 0.311 e. The highest BCUT2D eigenvalue weighted by atomic mass is 32.5. The van der Waals surface area contributed by atoms with E-state index in [1.165, 1.54) is 11.8 Å². The van der Waals surface area contributed by atoms with Crippen molar-refractivity contribution in [2.45, 2.75) is 13.8 Å². The fourth-order valence-corrected chi connectivity index (χ4v) is 4.10. The average molecular weight is 270 g/mol. The summed E-state index contributed by atoms with van der Waals surface area (Å²) in [6.07, 6.45) is 1.95. The van der Waals surface area contributed by atoms with Crippen molar-refractivity contribution in [2.24, 2.45) is 4.76 Å². The van der Waals surface area contributed by atoms with E-state index < -0.39 is 6.64 Å². The number of nitrogens with zero attached hydrogens (tertiary/aromatic N) is 2. The van der Waals surface area contributed by atoms with Crippen molar-refractivity contribution in [2.75, 3.05) is 33.6 Å². The molecule has 0 amide bonds. The standard InChI is InChI=1S/C8H19N2O2PS2/c1-6-11-13(14,12-7-2)9-8(15-5)10(3)4/h6-7H2,1-5H3/b9-8-. The first-order valence-corrected chi connectivity index (χ1v) is 8.51. The maximum absolute atomic E-state index is 5.43. The molecule has 0 aliphatic carbocycles. The van der Waals surface area contributed by atoms with Crippen LogP contribution in [0.3, 0.4) is 0 Å². The maximum Gasteiger partial charge on any atom is 0.311 e. The maximum atomic E-state index is 5.43. The molecule has 0 aromatic rings. The molecular weight excluding hydrogens is 251 g/mol. The molecule has 4 nitrogen and oxygen atoms in total. The van der Waals surface area contributed by atoms with Gasteiger partial charge in [-0.25, -0.2) is 0 Å². The number of thioether (sulfide) groups is 1. The first kappa shape index (κ1) is 15.4. The van der Waals surface area contributed by atoms with E-state index in [-0.39, 0.29) is 0 Å². The van der Waals surface area contributed by atoms with E-state index in [9.17, 15) is 0 Å². The summed E-state index contributed by atoms with van der Waals surface area (Å²) < 4.78 is 15.2. The molecule has 15 heavy (non-hydrogen) atoms. The summed E-state index contributed by atoms with van der Waals surface area (Å²) in [6.45, 7) is 2.35. The summed E-state index contributed by atoms with van der Waals surface area (Å²) in [4.78, 5) is 1.91. The molecule has 7 heteroatoms. The molecule has 0 spiro atoms. The summed E-state index contributed by atoms with van der Waals surface area (Å²) in [5, 5.41) is 0.834. The fourth-order valence-electron chi connectivity index (χ4n) is 0.839. The Bertz CT molecular complexity index is 249. The first-order valence-electron chi connectivity index (χ1n) is 4.69. The van der Waals surface area contributed by atoms with Crippen LogP contribution in [-0.2, 0) is 20.9 Å². The molecule has 0 aliphatic heterocycles. The Balaban J connectivity index is 4.84. The molecule has 0 aromatic carbocycles. The lowest BCUT2D eigenvalue weighted by Gasteiger charge is -2.20. The predicted octanol–water partition coefficient (Wildman–Crippen LogP) is 2.56. The summed E-state index contributed by atoms with van der Waals surface area (Å²) in [6, 6.07) is 0. The molecule has 0 saturated carbocycles. The van der Waals surface area contributed by atoms with Crippen LogP contribution in [-0.4, -0.2) is 43.6 Å². The fraction of sp³-hybridized carbons (Fsp3) is 0.875. The van der Waals surface area contributed by atoms with Crippen molar-refractivity contribution < 1.29 is 9.05 Å². The molecule has 0 heterocycles. The lowest BCUT2D eigenvalue weighted by molar-refractivity contribution is 0.267. The predicted molar refractivity (Wildman–Crippen MR) is 72.2 cm³/mol. The van der Waals surface area contributed by atoms with Crippen molar-refractivity contribution in [3.05, 3.63) is 0 Å². The van der Waals surface area contributed by atoms with Crippen molar-refractivity contribution in [3.8, 4) is 0 Å². The second-order valence-corrected chi connectivity index (χ2v) is 6.60. The van der Waals surface area contributed by atoms with E-state index in [0.717, 1.165) is 5.17 Å². The van der Waals surface area contributed by atoms with Crippen LogP contribution in [0.2, 0.25) is 0 Å². The summed E-state index contributed by atoms with van der Waals surface area (Å²) in [5.41, 5.74) is 0. The van der Waals surface area contributed by atoms with Crippen molar-refractivity contribution in [1.82, 2.24) is 4.90 Å². The van der Waals surface area contributed by atoms with Gasteiger partial charge in [-0.3, -0.25) is 0 Å². The molecule has 0 atom stereocenters. The minimum atomic E-state index is -2.49. The van der Waals surface area contributed by atoms with Crippen LogP contribution in [0.5, 0.6) is 0 Å². The second kappa shape index (κ2) is 7.63. The van der Waals surface area contributed by atoms with Crippen LogP contribution in [0.25, 0.3) is 0 Å². The molecule has 90 valence electrons. The zero-order chi connectivity index (χ0) is 11.9. The van der Waals surface area contributed by atoms with Gasteiger partial charge in [0.25, 0.3) is 0 Å². The lowest BCUT2D eigenvalue weighted by Crippen LogP contribution is -2.18. The summed E-state index contributed by atoms with van der Waals surface area (Å²) in [5.74, 6) is 0.